The average Bonchev–Trinajstić information content (AvgIpc) is 3.61. The van der Waals surface area contributed by atoms with E-state index in [0.29, 0.717) is 40.0 Å². The van der Waals surface area contributed by atoms with Gasteiger partial charge in [0, 0.05) is 65.3 Å². The van der Waals surface area contributed by atoms with Crippen LogP contribution in [-0.2, 0) is 27.4 Å². The lowest BCUT2D eigenvalue weighted by Crippen LogP contribution is -2.62. The highest BCUT2D eigenvalue weighted by Gasteiger charge is 2.57. The number of carbonyl (C=O) groups excluding carboxylic acids is 3. The fraction of sp³-hybridized carbons (Fsp3) is 0.512. The Kier molecular flexibility index (Phi) is 13.4. The molecule has 62 heavy (non-hydrogen) atoms. The van der Waals surface area contributed by atoms with Gasteiger partial charge in [0.15, 0.2) is 23.3 Å². The first-order valence-electron chi connectivity index (χ1n) is 20.3. The van der Waals surface area contributed by atoms with Gasteiger partial charge in [-0.1, -0.05) is 44.1 Å². The lowest BCUT2D eigenvalue weighted by molar-refractivity contribution is -0.183. The van der Waals surface area contributed by atoms with Gasteiger partial charge >= 0.3 is 0 Å². The Hall–Kier alpha value is -5.46. The Labute approximate surface area is 356 Å². The minimum Gasteiger partial charge on any atom is -0.496 e. The van der Waals surface area contributed by atoms with E-state index in [2.05, 4.69) is 41.4 Å². The second-order valence-corrected chi connectivity index (χ2v) is 17.3. The summed E-state index contributed by atoms with van der Waals surface area (Å²) in [6.07, 6.45) is -1.04. The summed E-state index contributed by atoms with van der Waals surface area (Å²) in [4.78, 5) is 50.6. The van der Waals surface area contributed by atoms with E-state index in [0.717, 1.165) is 12.8 Å². The number of aliphatic hydroxyl groups is 2. The number of anilines is 1. The predicted octanol–water partition coefficient (Wildman–Crippen LogP) is 5.41. The smallest absolute Gasteiger partial charge is 0.252 e. The topological polar surface area (TPSA) is 215 Å². The molecule has 4 fully saturated rings. The third kappa shape index (κ3) is 8.51. The van der Waals surface area contributed by atoms with E-state index in [1.807, 2.05) is 0 Å². The quantitative estimate of drug-likeness (QED) is 0.0433. The van der Waals surface area contributed by atoms with Crippen molar-refractivity contribution in [1.29, 1.82) is 0 Å². The highest BCUT2D eigenvalue weighted by molar-refractivity contribution is 5.99. The maximum Gasteiger partial charge on any atom is 0.252 e. The van der Waals surface area contributed by atoms with Crippen LogP contribution in [0.3, 0.4) is 0 Å². The second kappa shape index (κ2) is 18.1. The summed E-state index contributed by atoms with van der Waals surface area (Å²) in [5.41, 5.74) is 13.4. The number of hydrogen-bond donors (Lipinski definition) is 5. The monoisotopic (exact) mass is 868 g/mol. The Morgan fingerprint density at radius 1 is 1.11 bits per heavy atom. The normalized spacial score (nSPS) is 24.9. The molecule has 3 aliphatic carbocycles. The number of rotatable bonds is 15. The number of azide groups is 1. The van der Waals surface area contributed by atoms with Gasteiger partial charge in [0.25, 0.3) is 5.91 Å². The van der Waals surface area contributed by atoms with Crippen LogP contribution in [0, 0.1) is 52.4 Å². The van der Waals surface area contributed by atoms with Crippen molar-refractivity contribution in [3.8, 4) is 16.9 Å². The minimum atomic E-state index is -1.99. The largest absolute Gasteiger partial charge is 0.496 e. The fourth-order valence-corrected chi connectivity index (χ4v) is 9.63. The van der Waals surface area contributed by atoms with Crippen LogP contribution < -0.4 is 26.0 Å². The lowest BCUT2D eigenvalue weighted by atomic mass is 9.45. The average molecular weight is 869 g/mol. The molecular weight excluding hydrogens is 817 g/mol. The maximum absolute atomic E-state index is 14.9. The highest BCUT2D eigenvalue weighted by Crippen LogP contribution is 2.61. The van der Waals surface area contributed by atoms with Crippen molar-refractivity contribution in [3.05, 3.63) is 86.8 Å². The summed E-state index contributed by atoms with van der Waals surface area (Å²) < 4.78 is 64.9. The van der Waals surface area contributed by atoms with Crippen LogP contribution in [0.25, 0.3) is 21.6 Å². The van der Waals surface area contributed by atoms with Crippen LogP contribution in [0.2, 0.25) is 0 Å². The zero-order valence-corrected chi connectivity index (χ0v) is 35.5. The first-order valence-corrected chi connectivity index (χ1v) is 20.3. The molecule has 2 bridgehead atoms. The Morgan fingerprint density at radius 2 is 1.79 bits per heavy atom. The lowest BCUT2D eigenvalue weighted by Gasteiger charge is -2.62. The fourth-order valence-electron chi connectivity index (χ4n) is 9.63. The molecule has 0 aromatic heterocycles. The number of para-hydroxylation sites is 1. The number of amides is 3. The van der Waals surface area contributed by atoms with Gasteiger partial charge in [-0.2, -0.15) is 5.06 Å². The van der Waals surface area contributed by atoms with E-state index >= 15 is 0 Å². The van der Waals surface area contributed by atoms with E-state index in [9.17, 15) is 42.2 Å². The molecule has 7 rings (SSSR count). The van der Waals surface area contributed by atoms with Gasteiger partial charge in [-0.05, 0) is 72.2 Å². The molecule has 19 heteroatoms. The van der Waals surface area contributed by atoms with Gasteiger partial charge in [0.2, 0.25) is 11.8 Å². The van der Waals surface area contributed by atoms with Crippen molar-refractivity contribution in [3.63, 3.8) is 0 Å². The minimum absolute atomic E-state index is 0.0214. The van der Waals surface area contributed by atoms with Gasteiger partial charge in [0.1, 0.15) is 29.6 Å². The van der Waals surface area contributed by atoms with Crippen LogP contribution in [-0.4, -0.2) is 91.1 Å². The molecule has 15 nitrogen and oxygen atoms in total. The van der Waals surface area contributed by atoms with E-state index in [1.54, 1.807) is 50.2 Å². The highest BCUT2D eigenvalue weighted by atomic mass is 19.2. The number of nitrogens with one attached hydrogen (secondary N) is 2. The van der Waals surface area contributed by atoms with Crippen molar-refractivity contribution in [1.82, 2.24) is 15.7 Å². The number of ether oxygens (including phenoxy) is 1. The zero-order valence-electron chi connectivity index (χ0n) is 35.5. The van der Waals surface area contributed by atoms with Crippen LogP contribution in [0.1, 0.15) is 62.0 Å². The van der Waals surface area contributed by atoms with E-state index in [4.69, 9.17) is 20.8 Å². The first kappa shape index (κ1) is 46.1. The van der Waals surface area contributed by atoms with Crippen molar-refractivity contribution in [2.75, 3.05) is 32.7 Å². The molecule has 3 amide bonds. The molecule has 334 valence electrons. The number of fused-ring (bicyclic) bond motifs is 2. The SMILES string of the molecule is COc1c(CN2O[C@@H](CO)[C@@H]([C@H](C)O)C2C(=O)N[C@H]2C[C@@H]3C[C@H]([C@@H]2C)C3(C)C)cccc1-c1cc(C(=O)N[C@@H](Cc2c(F)c(F)c(N=[N+]=[N-])c(F)c2F)C(N)=O)cc(N(C)C)c1. The van der Waals surface area contributed by atoms with Gasteiger partial charge < -0.3 is 36.2 Å². The number of methoxy groups -OCH3 is 1. The van der Waals surface area contributed by atoms with Gasteiger partial charge in [0.05, 0.1) is 26.4 Å². The van der Waals surface area contributed by atoms with Crippen LogP contribution >= 0.6 is 0 Å². The van der Waals surface area contributed by atoms with Crippen molar-refractivity contribution < 1.29 is 51.7 Å². The number of hydrogen-bond acceptors (Lipinski definition) is 10. The number of nitrogens with zero attached hydrogens (tertiary/aromatic N) is 5. The number of primary amides is 1. The number of carbonyl (C=O) groups is 3. The molecule has 0 radical (unpaired) electrons. The molecule has 1 saturated heterocycles. The molecule has 4 aliphatic rings. The third-order valence-electron chi connectivity index (χ3n) is 13.2. The van der Waals surface area contributed by atoms with E-state index in [1.165, 1.54) is 24.3 Å². The predicted molar refractivity (Wildman–Crippen MR) is 220 cm³/mol. The van der Waals surface area contributed by atoms with Gasteiger partial charge in [-0.3, -0.25) is 19.2 Å². The second-order valence-electron chi connectivity index (χ2n) is 17.3. The molecule has 3 saturated carbocycles. The van der Waals surface area contributed by atoms with Crippen LogP contribution in [0.15, 0.2) is 41.5 Å². The molecular formula is C43H52F4N8O7. The molecule has 3 aromatic rings. The maximum atomic E-state index is 14.9. The van der Waals surface area contributed by atoms with Crippen LogP contribution in [0.5, 0.6) is 5.75 Å². The third-order valence-corrected chi connectivity index (χ3v) is 13.2. The molecule has 1 heterocycles. The summed E-state index contributed by atoms with van der Waals surface area (Å²) in [5.74, 6) is -9.65. The Morgan fingerprint density at radius 3 is 2.34 bits per heavy atom. The van der Waals surface area contributed by atoms with Crippen LogP contribution in [0.4, 0.5) is 28.9 Å². The Bertz CT molecular complexity index is 2260. The standard InChI is InChI=1S/C43H52F4N8O7/c1-19-28-14-24(43(28,3)4)15-29(19)50-42(60)38-32(20(2)57)31(18-56)62-55(38)17-21-9-8-10-26(39(21)61-7)22-11-23(13-25(12-22)54(5)6)41(59)51-30(40(48)58)16-27-33(44)35(46)37(52-53-49)36(47)34(27)45/h8-13,19-20,24,28-32,38,56-57H,14-18H2,1-7H3,(H2,48,58)(H,50,60)(H,51,59)/t19-,20-,24-,28+,29-,30-,31-,32+,38?/m0/s1. The van der Waals surface area contributed by atoms with Crippen molar-refractivity contribution in [2.45, 2.75) is 83.8 Å². The van der Waals surface area contributed by atoms with Crippen molar-refractivity contribution in [2.24, 2.45) is 39.9 Å². The molecule has 3 aromatic carbocycles. The van der Waals surface area contributed by atoms with Gasteiger partial charge in [-0.25, -0.2) is 17.6 Å². The molecule has 1 aliphatic heterocycles. The summed E-state index contributed by atoms with van der Waals surface area (Å²) in [7, 11) is 4.85. The summed E-state index contributed by atoms with van der Waals surface area (Å²) in [5, 5.41) is 31.0. The summed E-state index contributed by atoms with van der Waals surface area (Å²) >= 11 is 0. The molecule has 6 N–H and O–H groups in total. The summed E-state index contributed by atoms with van der Waals surface area (Å²) in [6.45, 7) is 7.79. The van der Waals surface area contributed by atoms with E-state index < -0.39 is 89.6 Å². The number of hydroxylamine groups is 2. The number of benzene rings is 3. The molecule has 9 atom stereocenters. The number of nitrogens with two attached hydrogens (primary N) is 1. The number of aliphatic hydroxyl groups excluding tert-OH is 2. The van der Waals surface area contributed by atoms with E-state index in [-0.39, 0.29) is 35.4 Å². The summed E-state index contributed by atoms with van der Waals surface area (Å²) in [6, 6.07) is 6.97. The molecule has 0 spiro atoms. The van der Waals surface area contributed by atoms with Gasteiger partial charge in [-0.15, -0.1) is 0 Å². The zero-order chi connectivity index (χ0) is 45.5. The Balaban J connectivity index is 1.30. The molecule has 1 unspecified atom stereocenters. The van der Waals surface area contributed by atoms with Crippen molar-refractivity contribution >= 4 is 29.1 Å². The first-order chi connectivity index (χ1) is 29.2. The number of halogens is 4.